The summed E-state index contributed by atoms with van der Waals surface area (Å²) in [5, 5.41) is 14.0. The van der Waals surface area contributed by atoms with E-state index in [2.05, 4.69) is 5.32 Å². The van der Waals surface area contributed by atoms with Gasteiger partial charge in [0, 0.05) is 37.2 Å². The van der Waals surface area contributed by atoms with Crippen molar-refractivity contribution >= 4 is 33.2 Å². The Labute approximate surface area is 127 Å². The second-order valence-corrected chi connectivity index (χ2v) is 8.21. The van der Waals surface area contributed by atoms with E-state index in [-0.39, 0.29) is 15.8 Å². The number of nitro benzene ring substituents is 1. The number of hydrogen-bond acceptors (Lipinski definition) is 6. The van der Waals surface area contributed by atoms with E-state index in [0.717, 1.165) is 11.8 Å². The third-order valence-corrected chi connectivity index (χ3v) is 6.27. The third kappa shape index (κ3) is 3.30. The number of anilines is 1. The monoisotopic (exact) mass is 331 g/mol. The van der Waals surface area contributed by atoms with Crippen molar-refractivity contribution in [2.24, 2.45) is 0 Å². The zero-order chi connectivity index (χ0) is 15.6. The molecule has 0 saturated carbocycles. The number of rotatable bonds is 4. The molecule has 1 saturated heterocycles. The Bertz CT molecular complexity index is 648. The molecule has 0 bridgehead atoms. The van der Waals surface area contributed by atoms with Crippen LogP contribution in [0.15, 0.2) is 23.1 Å². The summed E-state index contributed by atoms with van der Waals surface area (Å²) in [4.78, 5) is 10.4. The van der Waals surface area contributed by atoms with Gasteiger partial charge in [-0.3, -0.25) is 10.1 Å². The molecule has 2 rings (SSSR count). The molecule has 0 amide bonds. The maximum atomic E-state index is 12.6. The highest BCUT2D eigenvalue weighted by Gasteiger charge is 2.30. The van der Waals surface area contributed by atoms with Crippen molar-refractivity contribution in [3.05, 3.63) is 28.3 Å². The van der Waals surface area contributed by atoms with Crippen molar-refractivity contribution in [3.8, 4) is 0 Å². The molecular formula is C12H17N3O4S2. The van der Waals surface area contributed by atoms with E-state index < -0.39 is 14.9 Å². The van der Waals surface area contributed by atoms with Gasteiger partial charge in [0.25, 0.3) is 5.69 Å². The fourth-order valence-corrected chi connectivity index (χ4v) is 4.96. The average molecular weight is 331 g/mol. The first-order valence-electron chi connectivity index (χ1n) is 6.44. The first kappa shape index (κ1) is 16.1. The summed E-state index contributed by atoms with van der Waals surface area (Å²) in [5.41, 5.74) is 0.0551. The van der Waals surface area contributed by atoms with Crippen molar-refractivity contribution in [2.45, 2.75) is 17.1 Å². The van der Waals surface area contributed by atoms with Crippen molar-refractivity contribution < 1.29 is 13.3 Å². The van der Waals surface area contributed by atoms with Gasteiger partial charge in [-0.1, -0.05) is 6.92 Å². The van der Waals surface area contributed by atoms with Gasteiger partial charge in [-0.05, 0) is 12.1 Å². The highest BCUT2D eigenvalue weighted by molar-refractivity contribution is 8.00. The van der Waals surface area contributed by atoms with Gasteiger partial charge < -0.3 is 5.32 Å². The normalized spacial score (nSPS) is 20.2. The summed E-state index contributed by atoms with van der Waals surface area (Å²) in [5.74, 6) is 0.733. The number of hydrogen-bond donors (Lipinski definition) is 1. The molecule has 0 aromatic heterocycles. The molecule has 1 fully saturated rings. The zero-order valence-electron chi connectivity index (χ0n) is 11.8. The second kappa shape index (κ2) is 6.20. The molecule has 1 aromatic rings. The molecule has 1 aliphatic rings. The molecular weight excluding hydrogens is 314 g/mol. The molecule has 7 nitrogen and oxygen atoms in total. The van der Waals surface area contributed by atoms with Gasteiger partial charge in [0.05, 0.1) is 9.82 Å². The highest BCUT2D eigenvalue weighted by Crippen LogP contribution is 2.30. The molecule has 0 aliphatic carbocycles. The lowest BCUT2D eigenvalue weighted by Crippen LogP contribution is -2.40. The minimum absolute atomic E-state index is 0.0349. The molecule has 1 aromatic carbocycles. The Hall–Kier alpha value is -1.32. The van der Waals surface area contributed by atoms with Crippen molar-refractivity contribution in [3.63, 3.8) is 0 Å². The average Bonchev–Trinajstić information content (AvgIpc) is 2.46. The zero-order valence-corrected chi connectivity index (χ0v) is 13.4. The van der Waals surface area contributed by atoms with E-state index in [1.165, 1.54) is 16.4 Å². The molecule has 116 valence electrons. The van der Waals surface area contributed by atoms with Crippen molar-refractivity contribution in [2.75, 3.05) is 31.2 Å². The number of nitrogens with zero attached hydrogens (tertiary/aromatic N) is 2. The van der Waals surface area contributed by atoms with E-state index in [9.17, 15) is 18.5 Å². The van der Waals surface area contributed by atoms with E-state index in [1.54, 1.807) is 18.8 Å². The van der Waals surface area contributed by atoms with Crippen LogP contribution in [0.5, 0.6) is 0 Å². The molecule has 0 spiro atoms. The Kier molecular flexibility index (Phi) is 4.74. The fourth-order valence-electron chi connectivity index (χ4n) is 2.19. The summed E-state index contributed by atoms with van der Waals surface area (Å²) in [6.07, 6.45) is 0. The Balaban J connectivity index is 2.40. The number of nitrogens with one attached hydrogen (secondary N) is 1. The summed E-state index contributed by atoms with van der Waals surface area (Å²) < 4.78 is 26.6. The molecule has 1 aliphatic heterocycles. The molecule has 0 radical (unpaired) electrons. The van der Waals surface area contributed by atoms with Crippen LogP contribution in [0.1, 0.15) is 6.92 Å². The molecule has 1 N–H and O–H groups in total. The van der Waals surface area contributed by atoms with Crippen LogP contribution in [0.3, 0.4) is 0 Å². The van der Waals surface area contributed by atoms with Crippen LogP contribution in [0.2, 0.25) is 0 Å². The first-order chi connectivity index (χ1) is 9.86. The number of nitro groups is 1. The van der Waals surface area contributed by atoms with Crippen molar-refractivity contribution in [1.29, 1.82) is 0 Å². The maximum Gasteiger partial charge on any atom is 0.293 e. The van der Waals surface area contributed by atoms with E-state index in [4.69, 9.17) is 0 Å². The van der Waals surface area contributed by atoms with Crippen LogP contribution in [-0.4, -0.2) is 48.8 Å². The quantitative estimate of drug-likeness (QED) is 0.667. The summed E-state index contributed by atoms with van der Waals surface area (Å²) >= 11 is 1.72. The van der Waals surface area contributed by atoms with Gasteiger partial charge in [-0.2, -0.15) is 16.1 Å². The molecule has 9 heteroatoms. The van der Waals surface area contributed by atoms with Gasteiger partial charge in [0.2, 0.25) is 10.0 Å². The maximum absolute atomic E-state index is 12.6. The number of benzene rings is 1. The van der Waals surface area contributed by atoms with Gasteiger partial charge in [-0.15, -0.1) is 0 Å². The second-order valence-electron chi connectivity index (χ2n) is 4.73. The highest BCUT2D eigenvalue weighted by atomic mass is 32.2. The van der Waals surface area contributed by atoms with Crippen LogP contribution in [0.4, 0.5) is 11.4 Å². The van der Waals surface area contributed by atoms with Crippen LogP contribution in [-0.2, 0) is 10.0 Å². The summed E-state index contributed by atoms with van der Waals surface area (Å²) in [6, 6.07) is 3.95. The molecule has 1 unspecified atom stereocenters. The van der Waals surface area contributed by atoms with E-state index >= 15 is 0 Å². The van der Waals surface area contributed by atoms with Crippen LogP contribution in [0.25, 0.3) is 0 Å². The minimum atomic E-state index is -3.69. The van der Waals surface area contributed by atoms with Crippen molar-refractivity contribution in [1.82, 2.24) is 4.31 Å². The third-order valence-electron chi connectivity index (χ3n) is 3.28. The SMILES string of the molecule is CNc1ccc(S(=O)(=O)N2CCSC(C)C2)cc1[N+](=O)[O-]. The Morgan fingerprint density at radius 2 is 2.19 bits per heavy atom. The van der Waals surface area contributed by atoms with Gasteiger partial charge in [-0.25, -0.2) is 8.42 Å². The number of thioether (sulfide) groups is 1. The van der Waals surface area contributed by atoms with Gasteiger partial charge in [0.1, 0.15) is 5.69 Å². The van der Waals surface area contributed by atoms with Gasteiger partial charge in [0.15, 0.2) is 0 Å². The lowest BCUT2D eigenvalue weighted by Gasteiger charge is -2.29. The summed E-state index contributed by atoms with van der Waals surface area (Å²) in [7, 11) is -2.13. The predicted octanol–water partition coefficient (Wildman–Crippen LogP) is 1.76. The van der Waals surface area contributed by atoms with E-state index in [0.29, 0.717) is 18.8 Å². The largest absolute Gasteiger partial charge is 0.383 e. The Morgan fingerprint density at radius 1 is 1.48 bits per heavy atom. The fraction of sp³-hybridized carbons (Fsp3) is 0.500. The first-order valence-corrected chi connectivity index (χ1v) is 8.93. The molecule has 1 atom stereocenters. The number of sulfonamides is 1. The van der Waals surface area contributed by atoms with Gasteiger partial charge >= 0.3 is 0 Å². The molecule has 1 heterocycles. The molecule has 21 heavy (non-hydrogen) atoms. The predicted molar refractivity (Wildman–Crippen MR) is 83.3 cm³/mol. The van der Waals surface area contributed by atoms with Crippen LogP contribution in [0, 0.1) is 10.1 Å². The summed E-state index contributed by atoms with van der Waals surface area (Å²) in [6.45, 7) is 2.83. The topological polar surface area (TPSA) is 92.6 Å². The smallest absolute Gasteiger partial charge is 0.293 e. The Morgan fingerprint density at radius 3 is 2.76 bits per heavy atom. The minimum Gasteiger partial charge on any atom is -0.383 e. The van der Waals surface area contributed by atoms with E-state index in [1.807, 2.05) is 6.92 Å². The van der Waals surface area contributed by atoms with Crippen LogP contribution >= 0.6 is 11.8 Å². The lowest BCUT2D eigenvalue weighted by atomic mass is 10.3. The standard InChI is InChI=1S/C12H17N3O4S2/c1-9-8-14(5-6-20-9)21(18,19)10-3-4-11(13-2)12(7-10)15(16)17/h3-4,7,9,13H,5-6,8H2,1-2H3. The van der Waals surface area contributed by atoms with Crippen LogP contribution < -0.4 is 5.32 Å². The lowest BCUT2D eigenvalue weighted by molar-refractivity contribution is -0.384.